The number of carbonyl (C=O) groups is 1. The van der Waals surface area contributed by atoms with Gasteiger partial charge in [0.25, 0.3) is 0 Å². The maximum atomic E-state index is 12.6. The average Bonchev–Trinajstić information content (AvgIpc) is 3.07. The molecule has 1 saturated heterocycles. The first-order chi connectivity index (χ1) is 13.7. The molecule has 0 aliphatic carbocycles. The number of likely N-dealkylation sites (tertiary alicyclic amines) is 1. The number of hydrogen-bond donors (Lipinski definition) is 1. The molecule has 1 fully saturated rings. The van der Waals surface area contributed by atoms with Crippen LogP contribution in [0.5, 0.6) is 5.75 Å². The molecule has 2 atom stereocenters. The Morgan fingerprint density at radius 3 is 2.48 bits per heavy atom. The lowest BCUT2D eigenvalue weighted by Gasteiger charge is -2.46. The largest absolute Gasteiger partial charge is 0.485 e. The highest BCUT2D eigenvalue weighted by Gasteiger charge is 2.51. The topological polar surface area (TPSA) is 93.1 Å². The van der Waals surface area contributed by atoms with Gasteiger partial charge >= 0.3 is 10.4 Å². The number of benzene rings is 2. The highest BCUT2D eigenvalue weighted by Crippen LogP contribution is 2.47. The van der Waals surface area contributed by atoms with E-state index in [9.17, 15) is 17.8 Å². The molecule has 0 spiro atoms. The molecule has 154 valence electrons. The van der Waals surface area contributed by atoms with Crippen molar-refractivity contribution in [2.24, 2.45) is 0 Å². The molecule has 1 amide bonds. The van der Waals surface area contributed by atoms with Gasteiger partial charge in [-0.05, 0) is 43.5 Å². The summed E-state index contributed by atoms with van der Waals surface area (Å²) < 4.78 is 43.7. The summed E-state index contributed by atoms with van der Waals surface area (Å²) in [6.45, 7) is 3.86. The summed E-state index contributed by atoms with van der Waals surface area (Å²) in [6.07, 6.45) is -0.0226. The lowest BCUT2D eigenvalue weighted by molar-refractivity contribution is -0.137. The fourth-order valence-electron chi connectivity index (χ4n) is 4.16. The van der Waals surface area contributed by atoms with Crippen LogP contribution >= 0.6 is 0 Å². The SMILES string of the molecule is CC1(C)Oc2ccc(-c3ccccc3)cc2[C@@H](N2CCCC2=O)[C@@H]1OS(=O)(=O)O. The Bertz CT molecular complexity index is 1030. The number of carbonyl (C=O) groups excluding carboxylic acids is 1. The number of hydrogen-bond acceptors (Lipinski definition) is 5. The van der Waals surface area contributed by atoms with Gasteiger partial charge in [-0.25, -0.2) is 4.18 Å². The lowest BCUT2D eigenvalue weighted by Crippen LogP contribution is -2.55. The quantitative estimate of drug-likeness (QED) is 0.767. The molecule has 8 heteroatoms. The van der Waals surface area contributed by atoms with Crippen LogP contribution < -0.4 is 4.74 Å². The van der Waals surface area contributed by atoms with E-state index in [1.165, 1.54) is 0 Å². The number of nitrogens with zero attached hydrogens (tertiary/aromatic N) is 1. The van der Waals surface area contributed by atoms with Crippen LogP contribution in [0.3, 0.4) is 0 Å². The zero-order valence-electron chi connectivity index (χ0n) is 16.2. The van der Waals surface area contributed by atoms with Gasteiger partial charge < -0.3 is 9.64 Å². The van der Waals surface area contributed by atoms with E-state index in [0.29, 0.717) is 30.7 Å². The predicted molar refractivity (Wildman–Crippen MR) is 107 cm³/mol. The molecule has 0 unspecified atom stereocenters. The molecule has 29 heavy (non-hydrogen) atoms. The molecule has 1 N–H and O–H groups in total. The van der Waals surface area contributed by atoms with Crippen LogP contribution in [-0.4, -0.2) is 42.0 Å². The van der Waals surface area contributed by atoms with Gasteiger partial charge in [0.05, 0.1) is 6.04 Å². The van der Waals surface area contributed by atoms with Crippen LogP contribution in [0.4, 0.5) is 0 Å². The molecule has 0 radical (unpaired) electrons. The van der Waals surface area contributed by atoms with Crippen molar-refractivity contribution in [3.8, 4) is 16.9 Å². The summed E-state index contributed by atoms with van der Waals surface area (Å²) in [6, 6.07) is 14.7. The number of amides is 1. The van der Waals surface area contributed by atoms with Gasteiger partial charge in [-0.1, -0.05) is 36.4 Å². The Kier molecular flexibility index (Phi) is 4.88. The van der Waals surface area contributed by atoms with Crippen LogP contribution in [-0.2, 0) is 19.4 Å². The van der Waals surface area contributed by atoms with E-state index in [0.717, 1.165) is 11.1 Å². The highest BCUT2D eigenvalue weighted by atomic mass is 32.3. The average molecular weight is 417 g/mol. The van der Waals surface area contributed by atoms with Crippen LogP contribution in [0.2, 0.25) is 0 Å². The van der Waals surface area contributed by atoms with Gasteiger partial charge in [-0.3, -0.25) is 9.35 Å². The van der Waals surface area contributed by atoms with Crippen LogP contribution in [0.15, 0.2) is 48.5 Å². The summed E-state index contributed by atoms with van der Waals surface area (Å²) in [5.74, 6) is 0.488. The van der Waals surface area contributed by atoms with Gasteiger partial charge in [-0.2, -0.15) is 8.42 Å². The minimum Gasteiger partial charge on any atom is -0.485 e. The third kappa shape index (κ3) is 3.88. The summed E-state index contributed by atoms with van der Waals surface area (Å²) >= 11 is 0. The van der Waals surface area contributed by atoms with E-state index < -0.39 is 28.1 Å². The minimum absolute atomic E-state index is 0.0762. The van der Waals surface area contributed by atoms with E-state index in [4.69, 9.17) is 8.92 Å². The van der Waals surface area contributed by atoms with Crippen LogP contribution in [0.25, 0.3) is 11.1 Å². The second-order valence-electron chi connectivity index (χ2n) is 7.90. The summed E-state index contributed by atoms with van der Waals surface area (Å²) in [5, 5.41) is 0. The summed E-state index contributed by atoms with van der Waals surface area (Å²) in [4.78, 5) is 14.2. The maximum Gasteiger partial charge on any atom is 0.397 e. The fraction of sp³-hybridized carbons (Fsp3) is 0.381. The Morgan fingerprint density at radius 1 is 1.14 bits per heavy atom. The van der Waals surface area contributed by atoms with Crippen molar-refractivity contribution in [3.63, 3.8) is 0 Å². The monoisotopic (exact) mass is 417 g/mol. The molecule has 2 aliphatic heterocycles. The zero-order valence-corrected chi connectivity index (χ0v) is 17.1. The van der Waals surface area contributed by atoms with Crippen molar-refractivity contribution in [3.05, 3.63) is 54.1 Å². The number of rotatable bonds is 4. The molecule has 2 aliphatic rings. The Labute approximate surface area is 170 Å². The molecule has 0 saturated carbocycles. The van der Waals surface area contributed by atoms with E-state index in [2.05, 4.69) is 0 Å². The molecule has 7 nitrogen and oxygen atoms in total. The number of ether oxygens (including phenoxy) is 1. The van der Waals surface area contributed by atoms with Gasteiger partial charge in [0.2, 0.25) is 5.91 Å². The molecule has 0 bridgehead atoms. The Morgan fingerprint density at radius 2 is 1.86 bits per heavy atom. The molecular weight excluding hydrogens is 394 g/mol. The highest BCUT2D eigenvalue weighted by molar-refractivity contribution is 7.80. The molecule has 0 aromatic heterocycles. The van der Waals surface area contributed by atoms with Crippen LogP contribution in [0.1, 0.15) is 38.3 Å². The van der Waals surface area contributed by atoms with E-state index in [-0.39, 0.29) is 5.91 Å². The molecular formula is C21H23NO6S. The minimum atomic E-state index is -4.76. The van der Waals surface area contributed by atoms with Crippen molar-refractivity contribution < 1.29 is 26.7 Å². The van der Waals surface area contributed by atoms with Gasteiger partial charge in [0.15, 0.2) is 0 Å². The summed E-state index contributed by atoms with van der Waals surface area (Å²) in [5.41, 5.74) is 1.47. The predicted octanol–water partition coefficient (Wildman–Crippen LogP) is 3.38. The second-order valence-corrected chi connectivity index (χ2v) is 8.95. The smallest absolute Gasteiger partial charge is 0.397 e. The first-order valence-corrected chi connectivity index (χ1v) is 10.9. The molecule has 2 heterocycles. The van der Waals surface area contributed by atoms with Gasteiger partial charge in [-0.15, -0.1) is 0 Å². The van der Waals surface area contributed by atoms with E-state index in [1.54, 1.807) is 18.7 Å². The normalized spacial score (nSPS) is 23.6. The van der Waals surface area contributed by atoms with Gasteiger partial charge in [0, 0.05) is 18.5 Å². The zero-order chi connectivity index (χ0) is 20.8. The fourth-order valence-corrected chi connectivity index (χ4v) is 4.76. The van der Waals surface area contributed by atoms with Crippen molar-refractivity contribution >= 4 is 16.3 Å². The van der Waals surface area contributed by atoms with E-state index >= 15 is 0 Å². The van der Waals surface area contributed by atoms with Crippen molar-refractivity contribution in [2.45, 2.75) is 44.4 Å². The molecule has 2 aromatic carbocycles. The van der Waals surface area contributed by atoms with Gasteiger partial charge in [0.1, 0.15) is 17.5 Å². The van der Waals surface area contributed by atoms with Crippen molar-refractivity contribution in [1.82, 2.24) is 4.90 Å². The standard InChI is InChI=1S/C21H23NO6S/c1-21(2)20(28-29(24,25)26)19(22-12-6-9-18(22)23)16-13-15(10-11-17(16)27-21)14-7-4-3-5-8-14/h3-5,7-8,10-11,13,19-20H,6,9,12H2,1-2H3,(H,24,25,26)/t19-,20+/m1/s1. The number of fused-ring (bicyclic) bond motifs is 1. The third-order valence-corrected chi connectivity index (χ3v) is 5.90. The third-order valence-electron chi connectivity index (χ3n) is 5.45. The van der Waals surface area contributed by atoms with Crippen molar-refractivity contribution in [2.75, 3.05) is 6.54 Å². The first kappa shape index (κ1) is 19.9. The maximum absolute atomic E-state index is 12.6. The summed E-state index contributed by atoms with van der Waals surface area (Å²) in [7, 11) is -4.76. The lowest BCUT2D eigenvalue weighted by atomic mass is 9.84. The second kappa shape index (κ2) is 7.12. The van der Waals surface area contributed by atoms with E-state index in [1.807, 2.05) is 48.5 Å². The Hall–Kier alpha value is -2.42. The molecule has 2 aromatic rings. The Balaban J connectivity index is 1.87. The molecule has 4 rings (SSSR count). The van der Waals surface area contributed by atoms with Crippen molar-refractivity contribution in [1.29, 1.82) is 0 Å². The van der Waals surface area contributed by atoms with Crippen LogP contribution in [0, 0.1) is 0 Å². The first-order valence-electron chi connectivity index (χ1n) is 9.49.